The molecule has 0 saturated carbocycles. The molecule has 0 saturated heterocycles. The van der Waals surface area contributed by atoms with Crippen molar-refractivity contribution < 1.29 is 42.2 Å². The Bertz CT molecular complexity index is 817. The van der Waals surface area contributed by atoms with Gasteiger partial charge in [0.15, 0.2) is 11.5 Å². The molecule has 0 bridgehead atoms. The second-order valence-electron chi connectivity index (χ2n) is 7.99. The number of carbonyl (C=O) groups excluding carboxylic acids is 1. The van der Waals surface area contributed by atoms with E-state index in [2.05, 4.69) is 5.32 Å². The summed E-state index contributed by atoms with van der Waals surface area (Å²) >= 11 is 0. The zero-order chi connectivity index (χ0) is 27.5. The van der Waals surface area contributed by atoms with Crippen molar-refractivity contribution in [2.45, 2.75) is 65.5 Å². The molecular formula is C26H43NO9Si. The van der Waals surface area contributed by atoms with Crippen LogP contribution in [0.25, 0.3) is 6.08 Å². The highest BCUT2D eigenvalue weighted by Crippen LogP contribution is 2.29. The Kier molecular flexibility index (Phi) is 16.3. The van der Waals surface area contributed by atoms with Crippen molar-refractivity contribution in [2.75, 3.05) is 40.1 Å². The first-order valence-corrected chi connectivity index (χ1v) is 14.7. The van der Waals surface area contributed by atoms with Crippen LogP contribution in [0.3, 0.4) is 0 Å². The summed E-state index contributed by atoms with van der Waals surface area (Å²) in [5, 5.41) is 11.7. The van der Waals surface area contributed by atoms with Gasteiger partial charge in [-0.05, 0) is 76.6 Å². The summed E-state index contributed by atoms with van der Waals surface area (Å²) in [5.74, 6) is 0.134. The minimum absolute atomic E-state index is 0.307. The number of amides is 1. The molecular weight excluding hydrogens is 498 g/mol. The Morgan fingerprint density at radius 1 is 0.946 bits per heavy atom. The van der Waals surface area contributed by atoms with Crippen LogP contribution in [0.1, 0.15) is 65.4 Å². The predicted molar refractivity (Wildman–Crippen MR) is 143 cm³/mol. The van der Waals surface area contributed by atoms with Crippen LogP contribution in [-0.2, 0) is 22.8 Å². The number of ether oxygens (including phenoxy) is 3. The topological polar surface area (TPSA) is 122 Å². The number of aliphatic carboxylic acids is 1. The van der Waals surface area contributed by atoms with Gasteiger partial charge in [-0.1, -0.05) is 13.0 Å². The summed E-state index contributed by atoms with van der Waals surface area (Å²) < 4.78 is 34.2. The molecule has 1 aromatic carbocycles. The lowest BCUT2D eigenvalue weighted by atomic mass is 10.2. The van der Waals surface area contributed by atoms with Crippen LogP contribution >= 0.6 is 0 Å². The van der Waals surface area contributed by atoms with Crippen molar-refractivity contribution in [3.8, 4) is 11.5 Å². The molecule has 1 atom stereocenters. The minimum Gasteiger partial charge on any atom is -0.493 e. The first-order valence-electron chi connectivity index (χ1n) is 12.9. The number of carboxylic acids is 1. The highest BCUT2D eigenvalue weighted by Gasteiger charge is 2.49. The summed E-state index contributed by atoms with van der Waals surface area (Å²) in [4.78, 5) is 23.1. The number of unbranched alkanes of at least 4 members (excludes halogenated alkanes) is 3. The maximum atomic E-state index is 12.4. The van der Waals surface area contributed by atoms with Gasteiger partial charge in [0.05, 0.1) is 20.3 Å². The molecule has 0 fully saturated rings. The Morgan fingerprint density at radius 2 is 1.57 bits per heavy atom. The summed E-state index contributed by atoms with van der Waals surface area (Å²) in [7, 11) is -1.51. The molecule has 1 unspecified atom stereocenters. The molecule has 0 radical (unpaired) electrons. The van der Waals surface area contributed by atoms with E-state index in [1.54, 1.807) is 25.3 Å². The molecule has 1 aromatic rings. The molecule has 1 amide bonds. The number of nitrogens with one attached hydrogen (secondary N) is 1. The van der Waals surface area contributed by atoms with Crippen LogP contribution < -0.4 is 14.8 Å². The van der Waals surface area contributed by atoms with E-state index in [9.17, 15) is 9.59 Å². The van der Waals surface area contributed by atoms with Gasteiger partial charge >= 0.3 is 20.9 Å². The maximum Gasteiger partial charge on any atom is 0.524 e. The van der Waals surface area contributed by atoms with Crippen LogP contribution in [-0.4, -0.2) is 71.8 Å². The predicted octanol–water partition coefficient (Wildman–Crippen LogP) is 4.82. The molecule has 37 heavy (non-hydrogen) atoms. The Hall–Kier alpha value is -2.60. The molecule has 0 aliphatic heterocycles. The minimum atomic E-state index is -3.07. The van der Waals surface area contributed by atoms with Crippen molar-refractivity contribution in [3.05, 3.63) is 29.8 Å². The number of carbonyl (C=O) groups is 2. The first kappa shape index (κ1) is 32.4. The van der Waals surface area contributed by atoms with Crippen LogP contribution in [0.4, 0.5) is 4.79 Å². The molecule has 11 heteroatoms. The Labute approximate surface area is 221 Å². The molecule has 0 heterocycles. The highest BCUT2D eigenvalue weighted by atomic mass is 28.4. The Balaban J connectivity index is 2.40. The maximum absolute atomic E-state index is 12.4. The fourth-order valence-electron chi connectivity index (χ4n) is 3.64. The van der Waals surface area contributed by atoms with Crippen LogP contribution in [0.2, 0.25) is 0 Å². The lowest BCUT2D eigenvalue weighted by Crippen LogP contribution is -2.62. The second-order valence-corrected chi connectivity index (χ2v) is 10.8. The summed E-state index contributed by atoms with van der Waals surface area (Å²) in [6.07, 6.45) is 5.99. The molecule has 0 spiro atoms. The highest BCUT2D eigenvalue weighted by molar-refractivity contribution is 6.62. The molecule has 0 aliphatic carbocycles. The third-order valence-corrected chi connectivity index (χ3v) is 8.78. The monoisotopic (exact) mass is 541 g/mol. The van der Waals surface area contributed by atoms with E-state index in [0.29, 0.717) is 56.5 Å². The van der Waals surface area contributed by atoms with Gasteiger partial charge < -0.3 is 37.9 Å². The number of hydrogen-bond acceptors (Lipinski definition) is 8. The van der Waals surface area contributed by atoms with E-state index in [1.165, 1.54) is 6.08 Å². The van der Waals surface area contributed by atoms with Crippen molar-refractivity contribution >= 4 is 26.9 Å². The van der Waals surface area contributed by atoms with Crippen LogP contribution in [0.15, 0.2) is 24.3 Å². The molecule has 0 aliphatic rings. The fraction of sp³-hybridized carbons (Fsp3) is 0.615. The van der Waals surface area contributed by atoms with Crippen molar-refractivity contribution in [1.29, 1.82) is 0 Å². The molecule has 210 valence electrons. The molecule has 0 aromatic heterocycles. The summed E-state index contributed by atoms with van der Waals surface area (Å²) in [6.45, 7) is 9.68. The van der Waals surface area contributed by atoms with Crippen LogP contribution in [0, 0.1) is 0 Å². The number of methoxy groups -OCH3 is 1. The zero-order valence-corrected chi connectivity index (χ0v) is 23.7. The third-order valence-electron chi connectivity index (χ3n) is 5.30. The van der Waals surface area contributed by atoms with Gasteiger partial charge in [0, 0.05) is 25.9 Å². The number of hydrogen-bond donors (Lipinski definition) is 2. The molecule has 1 rings (SSSR count). The molecule has 10 nitrogen and oxygen atoms in total. The fourth-order valence-corrected chi connectivity index (χ4v) is 6.49. The summed E-state index contributed by atoms with van der Waals surface area (Å²) in [5.41, 5.74) is 0.328. The van der Waals surface area contributed by atoms with Crippen molar-refractivity contribution in [1.82, 2.24) is 5.32 Å². The van der Waals surface area contributed by atoms with Gasteiger partial charge in [0.2, 0.25) is 0 Å². The van der Waals surface area contributed by atoms with Gasteiger partial charge in [-0.25, -0.2) is 9.59 Å². The van der Waals surface area contributed by atoms with E-state index in [0.717, 1.165) is 31.8 Å². The van der Waals surface area contributed by atoms with Crippen molar-refractivity contribution in [2.24, 2.45) is 0 Å². The quantitative estimate of drug-likeness (QED) is 0.136. The number of benzene rings is 1. The first-order chi connectivity index (χ1) is 17.8. The van der Waals surface area contributed by atoms with E-state index in [4.69, 9.17) is 32.6 Å². The van der Waals surface area contributed by atoms with Gasteiger partial charge in [-0.15, -0.1) is 0 Å². The smallest absolute Gasteiger partial charge is 0.493 e. The largest absolute Gasteiger partial charge is 0.524 e. The average Bonchev–Trinajstić information content (AvgIpc) is 2.88. The second kappa shape index (κ2) is 18.6. The third kappa shape index (κ3) is 12.0. The molecule has 2 N–H and O–H groups in total. The van der Waals surface area contributed by atoms with E-state index in [1.807, 2.05) is 27.7 Å². The Morgan fingerprint density at radius 3 is 2.11 bits per heavy atom. The lowest BCUT2D eigenvalue weighted by Gasteiger charge is -2.34. The standard InChI is InChI=1S/C26H43NO9Si/c1-6-24(37(34-7-2,35-8-3)36-9-4)27-26(30)33-19-13-11-10-12-18-32-23-20-21(15-17-25(28)29)14-16-22(23)31-5/h14-17,20,24H,6-13,18-19H2,1-5H3,(H,27,30)(H,28,29)/b17-15+. The summed E-state index contributed by atoms with van der Waals surface area (Å²) in [6, 6.07) is 5.25. The van der Waals surface area contributed by atoms with Crippen LogP contribution in [0.5, 0.6) is 11.5 Å². The van der Waals surface area contributed by atoms with E-state index in [-0.39, 0.29) is 5.67 Å². The van der Waals surface area contributed by atoms with Gasteiger partial charge in [-0.2, -0.15) is 0 Å². The van der Waals surface area contributed by atoms with Gasteiger partial charge in [0.25, 0.3) is 0 Å². The average molecular weight is 542 g/mol. The van der Waals surface area contributed by atoms with Gasteiger partial charge in [0.1, 0.15) is 5.67 Å². The SMILES string of the molecule is CCO[Si](OCC)(OCC)C(CC)NC(=O)OCCCCCCOc1cc(/C=C/C(=O)O)ccc1OC. The number of rotatable bonds is 20. The normalized spacial score (nSPS) is 12.4. The lowest BCUT2D eigenvalue weighted by molar-refractivity contribution is -0.131. The number of carboxylic acid groups (broad SMARTS) is 1. The zero-order valence-electron chi connectivity index (χ0n) is 22.7. The van der Waals surface area contributed by atoms with Gasteiger partial charge in [-0.3, -0.25) is 0 Å². The van der Waals surface area contributed by atoms with Crippen molar-refractivity contribution in [3.63, 3.8) is 0 Å². The number of alkyl carbamates (subject to hydrolysis) is 1. The van der Waals surface area contributed by atoms with E-state index >= 15 is 0 Å². The van der Waals surface area contributed by atoms with E-state index < -0.39 is 20.9 Å².